The second-order valence-corrected chi connectivity index (χ2v) is 4.77. The summed E-state index contributed by atoms with van der Waals surface area (Å²) >= 11 is 0. The van der Waals surface area contributed by atoms with Crippen LogP contribution in [0.4, 0.5) is 4.39 Å². The van der Waals surface area contributed by atoms with E-state index in [4.69, 9.17) is 10.6 Å². The molecule has 0 aliphatic rings. The lowest BCUT2D eigenvalue weighted by Gasteiger charge is -2.26. The van der Waals surface area contributed by atoms with E-state index in [9.17, 15) is 4.39 Å². The summed E-state index contributed by atoms with van der Waals surface area (Å²) in [5.41, 5.74) is 3.27. The fraction of sp³-hybridized carbons (Fsp3) is 0.538. The molecule has 4 N–H and O–H groups in total. The van der Waals surface area contributed by atoms with Gasteiger partial charge in [0.1, 0.15) is 0 Å². The zero-order chi connectivity index (χ0) is 13.6. The minimum absolute atomic E-state index is 0.178. The summed E-state index contributed by atoms with van der Waals surface area (Å²) in [6.45, 7) is 7.61. The first kappa shape index (κ1) is 14.9. The van der Waals surface area contributed by atoms with E-state index in [0.29, 0.717) is 25.6 Å². The molecule has 0 aliphatic heterocycles. The number of ether oxygens (including phenoxy) is 1. The average molecular weight is 255 g/mol. The monoisotopic (exact) mass is 255 g/mol. The second kappa shape index (κ2) is 6.68. The van der Waals surface area contributed by atoms with Gasteiger partial charge in [-0.05, 0) is 24.6 Å². The summed E-state index contributed by atoms with van der Waals surface area (Å²) in [6.07, 6.45) is 0. The molecular weight excluding hydrogens is 233 g/mol. The van der Waals surface area contributed by atoms with Crippen molar-refractivity contribution in [3.8, 4) is 5.75 Å². The lowest BCUT2D eigenvalue weighted by atomic mass is 9.84. The predicted molar refractivity (Wildman–Crippen MR) is 70.8 cm³/mol. The summed E-state index contributed by atoms with van der Waals surface area (Å²) < 4.78 is 19.0. The third-order valence-electron chi connectivity index (χ3n) is 2.81. The molecule has 0 atom stereocenters. The maximum absolute atomic E-state index is 13.8. The van der Waals surface area contributed by atoms with Gasteiger partial charge < -0.3 is 10.1 Å². The van der Waals surface area contributed by atoms with Gasteiger partial charge in [0.15, 0.2) is 11.6 Å². The van der Waals surface area contributed by atoms with E-state index in [2.05, 4.69) is 10.7 Å². The molecule has 0 aromatic heterocycles. The van der Waals surface area contributed by atoms with E-state index in [-0.39, 0.29) is 11.2 Å². The number of hydrazine groups is 1. The molecular formula is C13H22FN3O. The van der Waals surface area contributed by atoms with Gasteiger partial charge in [0.05, 0.1) is 13.3 Å². The van der Waals surface area contributed by atoms with Crippen LogP contribution in [0.15, 0.2) is 18.2 Å². The van der Waals surface area contributed by atoms with E-state index in [1.54, 1.807) is 6.07 Å². The van der Waals surface area contributed by atoms with E-state index in [1.165, 1.54) is 6.07 Å². The Morgan fingerprint density at radius 3 is 2.67 bits per heavy atom. The topological polar surface area (TPSA) is 59.3 Å². The Bertz CT molecular complexity index is 382. The van der Waals surface area contributed by atoms with Gasteiger partial charge >= 0.3 is 0 Å². The lowest BCUT2D eigenvalue weighted by molar-refractivity contribution is 0.320. The van der Waals surface area contributed by atoms with Gasteiger partial charge in [0.2, 0.25) is 0 Å². The quantitative estimate of drug-likeness (QED) is 0.299. The molecule has 0 radical (unpaired) electrons. The van der Waals surface area contributed by atoms with Crippen molar-refractivity contribution < 1.29 is 9.13 Å². The maximum atomic E-state index is 13.8. The van der Waals surface area contributed by atoms with Crippen LogP contribution < -0.4 is 21.3 Å². The van der Waals surface area contributed by atoms with Crippen molar-refractivity contribution in [2.75, 3.05) is 19.8 Å². The average Bonchev–Trinajstić information content (AvgIpc) is 2.32. The minimum atomic E-state index is -0.320. The van der Waals surface area contributed by atoms with Gasteiger partial charge in [-0.3, -0.25) is 5.84 Å². The first-order valence-electron chi connectivity index (χ1n) is 6.08. The van der Waals surface area contributed by atoms with Crippen LogP contribution in [0.25, 0.3) is 0 Å². The Labute approximate surface area is 108 Å². The van der Waals surface area contributed by atoms with Crippen molar-refractivity contribution in [1.29, 1.82) is 0 Å². The van der Waals surface area contributed by atoms with Crippen molar-refractivity contribution in [3.05, 3.63) is 29.6 Å². The molecule has 1 aromatic rings. The lowest BCUT2D eigenvalue weighted by Crippen LogP contribution is -2.40. The Kier molecular flexibility index (Phi) is 5.53. The van der Waals surface area contributed by atoms with Gasteiger partial charge in [0.25, 0.3) is 0 Å². The standard InChI is InChI=1S/C13H22FN3O/c1-4-18-12-6-5-10(7-11(12)14)13(2,3)8-16-9-17-15/h5-7,16-17H,4,8-9,15H2,1-3H3. The fourth-order valence-corrected chi connectivity index (χ4v) is 1.74. The predicted octanol–water partition coefficient (Wildman–Crippen LogP) is 1.51. The molecule has 0 aliphatic carbocycles. The van der Waals surface area contributed by atoms with Crippen LogP contribution in [-0.2, 0) is 5.41 Å². The van der Waals surface area contributed by atoms with Crippen LogP contribution in [0.5, 0.6) is 5.75 Å². The Hall–Kier alpha value is -1.17. The van der Waals surface area contributed by atoms with Crippen LogP contribution in [0, 0.1) is 5.82 Å². The van der Waals surface area contributed by atoms with Crippen LogP contribution >= 0.6 is 0 Å². The zero-order valence-corrected chi connectivity index (χ0v) is 11.2. The van der Waals surface area contributed by atoms with Crippen LogP contribution in [-0.4, -0.2) is 19.8 Å². The summed E-state index contributed by atoms with van der Waals surface area (Å²) in [4.78, 5) is 0. The number of hydrogen-bond acceptors (Lipinski definition) is 4. The Balaban J connectivity index is 2.79. The van der Waals surface area contributed by atoms with Gasteiger partial charge in [-0.2, -0.15) is 0 Å². The largest absolute Gasteiger partial charge is 0.491 e. The van der Waals surface area contributed by atoms with E-state index in [0.717, 1.165) is 5.56 Å². The van der Waals surface area contributed by atoms with E-state index < -0.39 is 0 Å². The van der Waals surface area contributed by atoms with Gasteiger partial charge in [0, 0.05) is 12.0 Å². The highest BCUT2D eigenvalue weighted by molar-refractivity contribution is 5.33. The highest BCUT2D eigenvalue weighted by Gasteiger charge is 2.21. The molecule has 102 valence electrons. The molecule has 0 heterocycles. The summed E-state index contributed by atoms with van der Waals surface area (Å²) in [6, 6.07) is 5.10. The fourth-order valence-electron chi connectivity index (χ4n) is 1.74. The maximum Gasteiger partial charge on any atom is 0.165 e. The number of hydrogen-bond donors (Lipinski definition) is 3. The molecule has 18 heavy (non-hydrogen) atoms. The van der Waals surface area contributed by atoms with E-state index >= 15 is 0 Å². The molecule has 0 spiro atoms. The SMILES string of the molecule is CCOc1ccc(C(C)(C)CNCNN)cc1F. The van der Waals surface area contributed by atoms with Gasteiger partial charge in [-0.25, -0.2) is 9.82 Å². The van der Waals surface area contributed by atoms with Crippen molar-refractivity contribution >= 4 is 0 Å². The van der Waals surface area contributed by atoms with Crippen molar-refractivity contribution in [3.63, 3.8) is 0 Å². The third kappa shape index (κ3) is 3.94. The minimum Gasteiger partial charge on any atom is -0.491 e. The molecule has 4 nitrogen and oxygen atoms in total. The number of benzene rings is 1. The molecule has 5 heteroatoms. The molecule has 1 aromatic carbocycles. The van der Waals surface area contributed by atoms with Crippen LogP contribution in [0.2, 0.25) is 0 Å². The summed E-state index contributed by atoms with van der Waals surface area (Å²) in [5, 5.41) is 3.14. The summed E-state index contributed by atoms with van der Waals surface area (Å²) in [5.74, 6) is 5.16. The summed E-state index contributed by atoms with van der Waals surface area (Å²) in [7, 11) is 0. The smallest absolute Gasteiger partial charge is 0.165 e. The molecule has 0 saturated heterocycles. The van der Waals surface area contributed by atoms with Crippen molar-refractivity contribution in [2.24, 2.45) is 5.84 Å². The Morgan fingerprint density at radius 1 is 1.39 bits per heavy atom. The zero-order valence-electron chi connectivity index (χ0n) is 11.2. The first-order valence-corrected chi connectivity index (χ1v) is 6.08. The number of halogens is 1. The van der Waals surface area contributed by atoms with Crippen LogP contribution in [0.3, 0.4) is 0 Å². The van der Waals surface area contributed by atoms with Gasteiger partial charge in [-0.1, -0.05) is 19.9 Å². The highest BCUT2D eigenvalue weighted by Crippen LogP contribution is 2.27. The molecule has 0 bridgehead atoms. The molecule has 0 fully saturated rings. The molecule has 0 unspecified atom stereocenters. The second-order valence-electron chi connectivity index (χ2n) is 4.77. The number of nitrogens with one attached hydrogen (secondary N) is 2. The normalized spacial score (nSPS) is 11.6. The number of rotatable bonds is 7. The van der Waals surface area contributed by atoms with Crippen molar-refractivity contribution in [2.45, 2.75) is 26.2 Å². The Morgan fingerprint density at radius 2 is 2.11 bits per heavy atom. The van der Waals surface area contributed by atoms with E-state index in [1.807, 2.05) is 26.8 Å². The van der Waals surface area contributed by atoms with Gasteiger partial charge in [-0.15, -0.1) is 0 Å². The first-order chi connectivity index (χ1) is 8.51. The molecule has 0 amide bonds. The highest BCUT2D eigenvalue weighted by atomic mass is 19.1. The third-order valence-corrected chi connectivity index (χ3v) is 2.81. The van der Waals surface area contributed by atoms with Crippen molar-refractivity contribution in [1.82, 2.24) is 10.7 Å². The van der Waals surface area contributed by atoms with Crippen LogP contribution in [0.1, 0.15) is 26.3 Å². The molecule has 1 rings (SSSR count). The number of nitrogens with two attached hydrogens (primary N) is 1. The molecule has 0 saturated carbocycles.